The lowest BCUT2D eigenvalue weighted by molar-refractivity contribution is -0.122. The molecule has 1 fully saturated rings. The van der Waals surface area contributed by atoms with Crippen LogP contribution < -0.4 is 5.32 Å². The molecule has 2 rings (SSSR count). The number of nitrogens with zero attached hydrogens (tertiary/aromatic N) is 2. The van der Waals surface area contributed by atoms with Crippen molar-refractivity contribution >= 4 is 23.4 Å². The van der Waals surface area contributed by atoms with Crippen molar-refractivity contribution < 1.29 is 9.53 Å². The van der Waals surface area contributed by atoms with Crippen molar-refractivity contribution in [2.24, 2.45) is 0 Å². The average molecular weight is 347 g/mol. The van der Waals surface area contributed by atoms with Crippen LogP contribution in [0.25, 0.3) is 0 Å². The first kappa shape index (κ1) is 18.8. The van der Waals surface area contributed by atoms with Gasteiger partial charge in [-0.3, -0.25) is 9.69 Å². The topological polar surface area (TPSA) is 65.4 Å². The van der Waals surface area contributed by atoms with E-state index in [0.29, 0.717) is 19.6 Å². The number of anilines is 1. The molecule has 1 aromatic carbocycles. The number of carbonyl (C=O) groups excluding carboxylic acids is 1. The third kappa shape index (κ3) is 5.82. The molecule has 0 radical (unpaired) electrons. The number of carbonyl (C=O) groups is 1. The summed E-state index contributed by atoms with van der Waals surface area (Å²) in [7, 11) is 0. The van der Waals surface area contributed by atoms with Crippen LogP contribution in [-0.2, 0) is 9.53 Å². The minimum Gasteiger partial charge on any atom is -0.373 e. The van der Waals surface area contributed by atoms with E-state index in [1.165, 1.54) is 0 Å². The maximum Gasteiger partial charge on any atom is 0.238 e. The van der Waals surface area contributed by atoms with E-state index in [4.69, 9.17) is 10.00 Å². The Morgan fingerprint density at radius 1 is 1.50 bits per heavy atom. The van der Waals surface area contributed by atoms with Crippen LogP contribution in [0.3, 0.4) is 0 Å². The van der Waals surface area contributed by atoms with E-state index in [2.05, 4.69) is 16.3 Å². The first-order valence-corrected chi connectivity index (χ1v) is 9.06. The molecule has 24 heavy (non-hydrogen) atoms. The highest BCUT2D eigenvalue weighted by atomic mass is 32.2. The van der Waals surface area contributed by atoms with Crippen molar-refractivity contribution in [1.82, 2.24) is 4.90 Å². The maximum atomic E-state index is 12.4. The Morgan fingerprint density at radius 2 is 2.25 bits per heavy atom. The van der Waals surface area contributed by atoms with Crippen LogP contribution in [0, 0.1) is 11.3 Å². The minimum absolute atomic E-state index is 0.0197. The predicted octanol–water partition coefficient (Wildman–Crippen LogP) is 3.13. The molecule has 0 bridgehead atoms. The highest BCUT2D eigenvalue weighted by Crippen LogP contribution is 2.31. The quantitative estimate of drug-likeness (QED) is 0.801. The number of benzene rings is 1. The molecule has 0 spiro atoms. The second-order valence-corrected chi connectivity index (χ2v) is 8.13. The second kappa shape index (κ2) is 8.52. The van der Waals surface area contributed by atoms with Crippen molar-refractivity contribution in [2.45, 2.75) is 42.9 Å². The van der Waals surface area contributed by atoms with Gasteiger partial charge in [-0.2, -0.15) is 5.26 Å². The van der Waals surface area contributed by atoms with Crippen molar-refractivity contribution in [3.8, 4) is 6.07 Å². The van der Waals surface area contributed by atoms with Gasteiger partial charge in [0.2, 0.25) is 5.91 Å². The Balaban J connectivity index is 1.95. The number of thioether (sulfide) groups is 1. The van der Waals surface area contributed by atoms with Gasteiger partial charge in [-0.05, 0) is 26.0 Å². The van der Waals surface area contributed by atoms with Crippen LogP contribution in [0.4, 0.5) is 5.69 Å². The van der Waals surface area contributed by atoms with E-state index in [0.717, 1.165) is 23.7 Å². The van der Waals surface area contributed by atoms with Gasteiger partial charge in [0.05, 0.1) is 30.5 Å². The molecule has 5 nitrogen and oxygen atoms in total. The van der Waals surface area contributed by atoms with E-state index in [-0.39, 0.29) is 16.8 Å². The highest BCUT2D eigenvalue weighted by Gasteiger charge is 2.28. The Kier molecular flexibility index (Phi) is 6.67. The van der Waals surface area contributed by atoms with E-state index in [9.17, 15) is 4.79 Å². The van der Waals surface area contributed by atoms with E-state index in [1.807, 2.05) is 45.0 Å². The minimum atomic E-state index is -0.209. The zero-order valence-electron chi connectivity index (χ0n) is 14.5. The number of para-hydroxylation sites is 1. The fourth-order valence-electron chi connectivity index (χ4n) is 2.70. The van der Waals surface area contributed by atoms with Crippen molar-refractivity contribution in [3.05, 3.63) is 24.3 Å². The number of hydrogen-bond donors (Lipinski definition) is 1. The van der Waals surface area contributed by atoms with E-state index < -0.39 is 0 Å². The summed E-state index contributed by atoms with van der Waals surface area (Å²) in [6, 6.07) is 9.92. The predicted molar refractivity (Wildman–Crippen MR) is 97.1 cm³/mol. The molecule has 0 aliphatic carbocycles. The van der Waals surface area contributed by atoms with Crippen LogP contribution in [0.1, 0.15) is 27.2 Å². The van der Waals surface area contributed by atoms with Gasteiger partial charge in [-0.25, -0.2) is 0 Å². The molecule has 0 aromatic heterocycles. The maximum absolute atomic E-state index is 12.4. The largest absolute Gasteiger partial charge is 0.373 e. The fourth-order valence-corrected chi connectivity index (χ4v) is 3.70. The lowest BCUT2D eigenvalue weighted by Gasteiger charge is -2.37. The number of morpholine rings is 1. The lowest BCUT2D eigenvalue weighted by atomic mass is 10.1. The summed E-state index contributed by atoms with van der Waals surface area (Å²) in [4.78, 5) is 15.5. The van der Waals surface area contributed by atoms with Crippen LogP contribution in [0.5, 0.6) is 0 Å². The molecule has 1 unspecified atom stereocenters. The van der Waals surface area contributed by atoms with Crippen LogP contribution in [-0.4, -0.2) is 47.9 Å². The van der Waals surface area contributed by atoms with E-state index >= 15 is 0 Å². The summed E-state index contributed by atoms with van der Waals surface area (Å²) >= 11 is 1.61. The first-order chi connectivity index (χ1) is 11.4. The average Bonchev–Trinajstić information content (AvgIpc) is 2.48. The van der Waals surface area contributed by atoms with E-state index in [1.54, 1.807) is 11.8 Å². The molecule has 1 N–H and O–H groups in total. The Morgan fingerprint density at radius 3 is 2.96 bits per heavy atom. The van der Waals surface area contributed by atoms with Gasteiger partial charge < -0.3 is 10.1 Å². The Labute approximate surface area is 148 Å². The Bertz CT molecular complexity index is 613. The molecule has 130 valence electrons. The SMILES string of the molecule is CC(CC#N)Sc1ccccc1NC(=O)CN1CCOC(C)(C)C1. The molecule has 1 amide bonds. The van der Waals surface area contributed by atoms with Gasteiger partial charge in [0.15, 0.2) is 0 Å². The summed E-state index contributed by atoms with van der Waals surface area (Å²) in [5.74, 6) is -0.0197. The van der Waals surface area contributed by atoms with Gasteiger partial charge in [0.25, 0.3) is 0 Å². The van der Waals surface area contributed by atoms with Crippen molar-refractivity contribution in [2.75, 3.05) is 31.6 Å². The second-order valence-electron chi connectivity index (χ2n) is 6.65. The summed E-state index contributed by atoms with van der Waals surface area (Å²) in [5.41, 5.74) is 0.601. The molecular weight excluding hydrogens is 322 g/mol. The number of ether oxygens (including phenoxy) is 1. The fraction of sp³-hybridized carbons (Fsp3) is 0.556. The van der Waals surface area contributed by atoms with Gasteiger partial charge in [-0.15, -0.1) is 11.8 Å². The summed E-state index contributed by atoms with van der Waals surface area (Å²) in [6.07, 6.45) is 0.482. The first-order valence-electron chi connectivity index (χ1n) is 8.18. The van der Waals surface area contributed by atoms with Gasteiger partial charge >= 0.3 is 0 Å². The standard InChI is InChI=1S/C18H25N3O2S/c1-14(8-9-19)24-16-7-5-4-6-15(16)20-17(22)12-21-10-11-23-18(2,3)13-21/h4-7,14H,8,10-13H2,1-3H3,(H,20,22). The monoisotopic (exact) mass is 347 g/mol. The third-order valence-electron chi connectivity index (χ3n) is 3.74. The van der Waals surface area contributed by atoms with Gasteiger partial charge in [0.1, 0.15) is 0 Å². The number of hydrogen-bond acceptors (Lipinski definition) is 5. The van der Waals surface area contributed by atoms with Crippen molar-refractivity contribution in [3.63, 3.8) is 0 Å². The van der Waals surface area contributed by atoms with Crippen LogP contribution in [0.15, 0.2) is 29.2 Å². The zero-order valence-corrected chi connectivity index (χ0v) is 15.4. The normalized spacial score (nSPS) is 18.6. The molecule has 1 aromatic rings. The third-order valence-corrected chi connectivity index (χ3v) is 4.92. The highest BCUT2D eigenvalue weighted by molar-refractivity contribution is 8.00. The molecule has 1 aliphatic heterocycles. The summed E-state index contributed by atoms with van der Waals surface area (Å²) in [5, 5.41) is 12.0. The van der Waals surface area contributed by atoms with Crippen LogP contribution in [0.2, 0.25) is 0 Å². The molecule has 6 heteroatoms. The molecule has 1 atom stereocenters. The number of rotatable bonds is 6. The number of nitriles is 1. The molecule has 1 heterocycles. The van der Waals surface area contributed by atoms with Gasteiger partial charge in [-0.1, -0.05) is 19.1 Å². The molecule has 1 saturated heterocycles. The van der Waals surface area contributed by atoms with Crippen LogP contribution >= 0.6 is 11.8 Å². The summed E-state index contributed by atoms with van der Waals surface area (Å²) < 4.78 is 5.68. The number of nitrogens with one attached hydrogen (secondary N) is 1. The molecule has 0 saturated carbocycles. The molecule has 1 aliphatic rings. The zero-order chi connectivity index (χ0) is 17.6. The number of amides is 1. The summed E-state index contributed by atoms with van der Waals surface area (Å²) in [6.45, 7) is 8.63. The smallest absolute Gasteiger partial charge is 0.238 e. The Hall–Kier alpha value is -1.55. The molecular formula is C18H25N3O2S. The lowest BCUT2D eigenvalue weighted by Crippen LogP contribution is -2.50. The van der Waals surface area contributed by atoms with Gasteiger partial charge in [0, 0.05) is 29.7 Å². The van der Waals surface area contributed by atoms with Crippen molar-refractivity contribution in [1.29, 1.82) is 5.26 Å².